The van der Waals surface area contributed by atoms with E-state index in [4.69, 9.17) is 9.47 Å². The van der Waals surface area contributed by atoms with Crippen molar-refractivity contribution in [1.82, 2.24) is 9.80 Å². The lowest BCUT2D eigenvalue weighted by Gasteiger charge is -2.47. The van der Waals surface area contributed by atoms with E-state index in [1.54, 1.807) is 18.2 Å². The van der Waals surface area contributed by atoms with Crippen LogP contribution in [-0.2, 0) is 4.79 Å². The van der Waals surface area contributed by atoms with E-state index in [1.807, 2.05) is 15.9 Å². The molecule has 1 aromatic rings. The lowest BCUT2D eigenvalue weighted by molar-refractivity contribution is -0.138. The van der Waals surface area contributed by atoms with Crippen LogP contribution in [0.3, 0.4) is 0 Å². The predicted molar refractivity (Wildman–Crippen MR) is 101 cm³/mol. The van der Waals surface area contributed by atoms with Crippen LogP contribution in [0.1, 0.15) is 25.7 Å². The van der Waals surface area contributed by atoms with E-state index in [-0.39, 0.29) is 24.1 Å². The molecule has 0 saturated carbocycles. The maximum atomic E-state index is 12.6. The van der Waals surface area contributed by atoms with Gasteiger partial charge in [0.2, 0.25) is 12.7 Å². The largest absolute Gasteiger partial charge is 0.454 e. The zero-order chi connectivity index (χ0) is 18.9. The highest BCUT2D eigenvalue weighted by molar-refractivity contribution is 5.89. The lowest BCUT2D eigenvalue weighted by Crippen LogP contribution is -2.52. The van der Waals surface area contributed by atoms with Gasteiger partial charge in [-0.3, -0.25) is 4.79 Å². The molecule has 4 rings (SSSR count). The van der Waals surface area contributed by atoms with Gasteiger partial charge in [-0.1, -0.05) is 6.08 Å². The van der Waals surface area contributed by atoms with E-state index in [1.165, 1.54) is 0 Å². The Balaban J connectivity index is 1.34. The van der Waals surface area contributed by atoms with Crippen molar-refractivity contribution in [3.63, 3.8) is 0 Å². The summed E-state index contributed by atoms with van der Waals surface area (Å²) >= 11 is 0. The van der Waals surface area contributed by atoms with Gasteiger partial charge in [-0.2, -0.15) is 0 Å². The number of amides is 3. The molecule has 1 N–H and O–H groups in total. The number of carbonyl (C=O) groups excluding carboxylic acids is 2. The second-order valence-corrected chi connectivity index (χ2v) is 7.55. The Morgan fingerprint density at radius 1 is 1.22 bits per heavy atom. The average Bonchev–Trinajstić information content (AvgIpc) is 3.13. The number of urea groups is 1. The molecule has 2 saturated heterocycles. The Morgan fingerprint density at radius 2 is 2.00 bits per heavy atom. The number of hydrogen-bond acceptors (Lipinski definition) is 4. The molecule has 0 bridgehead atoms. The summed E-state index contributed by atoms with van der Waals surface area (Å²) in [5.41, 5.74) is 0.830. The number of ether oxygens (including phenoxy) is 2. The average molecular weight is 371 g/mol. The molecule has 27 heavy (non-hydrogen) atoms. The lowest BCUT2D eigenvalue weighted by atomic mass is 9.72. The normalized spacial score (nSPS) is 20.7. The van der Waals surface area contributed by atoms with Crippen molar-refractivity contribution in [2.75, 3.05) is 38.3 Å². The van der Waals surface area contributed by atoms with Gasteiger partial charge >= 0.3 is 6.03 Å². The van der Waals surface area contributed by atoms with Crippen molar-refractivity contribution in [1.29, 1.82) is 0 Å². The van der Waals surface area contributed by atoms with Gasteiger partial charge in [0.15, 0.2) is 11.5 Å². The second kappa shape index (κ2) is 7.13. The first-order valence-electron chi connectivity index (χ1n) is 9.43. The standard InChI is InChI=1S/C20H25N3O4/c1-2-9-23-13-20(6-5-18(23)24)7-10-22(11-8-20)19(25)21-15-3-4-16-17(12-15)27-14-26-16/h2-4,12H,1,5-11,13-14H2,(H,21,25). The Hall–Kier alpha value is -2.70. The molecule has 3 heterocycles. The van der Waals surface area contributed by atoms with Crippen molar-refractivity contribution in [3.8, 4) is 11.5 Å². The predicted octanol–water partition coefficient (Wildman–Crippen LogP) is 2.84. The van der Waals surface area contributed by atoms with Crippen molar-refractivity contribution >= 4 is 17.6 Å². The fraction of sp³-hybridized carbons (Fsp3) is 0.500. The minimum Gasteiger partial charge on any atom is -0.454 e. The molecule has 1 spiro atoms. The number of nitrogens with one attached hydrogen (secondary N) is 1. The van der Waals surface area contributed by atoms with E-state index >= 15 is 0 Å². The Bertz CT molecular complexity index is 756. The molecule has 0 aliphatic carbocycles. The summed E-state index contributed by atoms with van der Waals surface area (Å²) in [5, 5.41) is 2.94. The van der Waals surface area contributed by atoms with Crippen LogP contribution in [0.25, 0.3) is 0 Å². The van der Waals surface area contributed by atoms with Crippen LogP contribution in [0, 0.1) is 5.41 Å². The highest BCUT2D eigenvalue weighted by Crippen LogP contribution is 2.40. The molecule has 3 aliphatic heterocycles. The summed E-state index contributed by atoms with van der Waals surface area (Å²) in [6.45, 7) is 6.74. The van der Waals surface area contributed by atoms with Crippen molar-refractivity contribution in [3.05, 3.63) is 30.9 Å². The maximum absolute atomic E-state index is 12.6. The summed E-state index contributed by atoms with van der Waals surface area (Å²) in [6.07, 6.45) is 5.13. The molecule has 0 atom stereocenters. The zero-order valence-corrected chi connectivity index (χ0v) is 15.4. The number of hydrogen-bond donors (Lipinski definition) is 1. The summed E-state index contributed by atoms with van der Waals surface area (Å²) in [6, 6.07) is 5.30. The van der Waals surface area contributed by atoms with Gasteiger partial charge in [0.25, 0.3) is 0 Å². The van der Waals surface area contributed by atoms with Gasteiger partial charge in [-0.15, -0.1) is 6.58 Å². The van der Waals surface area contributed by atoms with Gasteiger partial charge < -0.3 is 24.6 Å². The smallest absolute Gasteiger partial charge is 0.321 e. The van der Waals surface area contributed by atoms with E-state index < -0.39 is 0 Å². The number of benzene rings is 1. The molecule has 0 aromatic heterocycles. The molecule has 144 valence electrons. The van der Waals surface area contributed by atoms with E-state index in [0.29, 0.717) is 43.2 Å². The molecule has 3 amide bonds. The third-order valence-corrected chi connectivity index (χ3v) is 5.83. The van der Waals surface area contributed by atoms with Crippen LogP contribution < -0.4 is 14.8 Å². The van der Waals surface area contributed by atoms with Crippen LogP contribution in [0.15, 0.2) is 30.9 Å². The van der Waals surface area contributed by atoms with Gasteiger partial charge in [0.1, 0.15) is 0 Å². The van der Waals surface area contributed by atoms with Gasteiger partial charge in [-0.05, 0) is 36.8 Å². The fourth-order valence-electron chi connectivity index (χ4n) is 4.19. The summed E-state index contributed by atoms with van der Waals surface area (Å²) in [4.78, 5) is 28.4. The van der Waals surface area contributed by atoms with Gasteiger partial charge in [0, 0.05) is 44.4 Å². The monoisotopic (exact) mass is 371 g/mol. The minimum absolute atomic E-state index is 0.0986. The number of fused-ring (bicyclic) bond motifs is 1. The zero-order valence-electron chi connectivity index (χ0n) is 15.4. The first-order chi connectivity index (χ1) is 13.1. The topological polar surface area (TPSA) is 71.1 Å². The molecule has 0 unspecified atom stereocenters. The fourth-order valence-corrected chi connectivity index (χ4v) is 4.19. The van der Waals surface area contributed by atoms with E-state index in [9.17, 15) is 9.59 Å². The number of piperidine rings is 2. The summed E-state index contributed by atoms with van der Waals surface area (Å²) in [5.74, 6) is 1.56. The van der Waals surface area contributed by atoms with Crippen molar-refractivity contribution in [2.24, 2.45) is 5.41 Å². The van der Waals surface area contributed by atoms with E-state index in [2.05, 4.69) is 11.9 Å². The Kier molecular flexibility index (Phi) is 4.68. The number of carbonyl (C=O) groups is 2. The Morgan fingerprint density at radius 3 is 2.78 bits per heavy atom. The van der Waals surface area contributed by atoms with Crippen LogP contribution >= 0.6 is 0 Å². The highest BCUT2D eigenvalue weighted by atomic mass is 16.7. The maximum Gasteiger partial charge on any atom is 0.321 e. The first kappa shape index (κ1) is 17.7. The number of nitrogens with zero attached hydrogens (tertiary/aromatic N) is 2. The molecular formula is C20H25N3O4. The van der Waals surface area contributed by atoms with Crippen LogP contribution in [0.5, 0.6) is 11.5 Å². The van der Waals surface area contributed by atoms with Crippen molar-refractivity contribution in [2.45, 2.75) is 25.7 Å². The van der Waals surface area contributed by atoms with Crippen LogP contribution in [0.2, 0.25) is 0 Å². The molecule has 2 fully saturated rings. The Labute approximate surface area is 158 Å². The molecular weight excluding hydrogens is 346 g/mol. The first-order valence-corrected chi connectivity index (χ1v) is 9.43. The minimum atomic E-state index is -0.0986. The van der Waals surface area contributed by atoms with Crippen LogP contribution in [0.4, 0.5) is 10.5 Å². The van der Waals surface area contributed by atoms with Crippen molar-refractivity contribution < 1.29 is 19.1 Å². The quantitative estimate of drug-likeness (QED) is 0.830. The molecule has 3 aliphatic rings. The van der Waals surface area contributed by atoms with E-state index in [0.717, 1.165) is 25.8 Å². The molecule has 0 radical (unpaired) electrons. The second-order valence-electron chi connectivity index (χ2n) is 7.55. The molecule has 7 heteroatoms. The highest BCUT2D eigenvalue weighted by Gasteiger charge is 2.41. The van der Waals surface area contributed by atoms with Gasteiger partial charge in [0.05, 0.1) is 0 Å². The number of rotatable bonds is 3. The molecule has 1 aromatic carbocycles. The molecule has 7 nitrogen and oxygen atoms in total. The number of anilines is 1. The summed E-state index contributed by atoms with van der Waals surface area (Å²) in [7, 11) is 0. The number of likely N-dealkylation sites (tertiary alicyclic amines) is 2. The summed E-state index contributed by atoms with van der Waals surface area (Å²) < 4.78 is 10.6. The van der Waals surface area contributed by atoms with Gasteiger partial charge in [-0.25, -0.2) is 4.79 Å². The third-order valence-electron chi connectivity index (χ3n) is 5.83. The SMILES string of the molecule is C=CCN1CC2(CCC1=O)CCN(C(=O)Nc1ccc3c(c1)OCO3)CC2. The van der Waals surface area contributed by atoms with Crippen LogP contribution in [-0.4, -0.2) is 54.7 Å². The third kappa shape index (κ3) is 3.59.